The molecule has 3 aromatic rings. The van der Waals surface area contributed by atoms with Gasteiger partial charge < -0.3 is 24.9 Å². The lowest BCUT2D eigenvalue weighted by Crippen LogP contribution is -2.42. The van der Waals surface area contributed by atoms with Gasteiger partial charge in [-0.1, -0.05) is 35.1 Å². The summed E-state index contributed by atoms with van der Waals surface area (Å²) in [5, 5.41) is 12.7. The minimum atomic E-state index is -0.955. The molecule has 13 heteroatoms. The minimum absolute atomic E-state index is 0.00227. The molecule has 2 saturated carbocycles. The second-order valence-corrected chi connectivity index (χ2v) is 14.8. The predicted molar refractivity (Wildman–Crippen MR) is 175 cm³/mol. The molecule has 3 heterocycles. The largest absolute Gasteiger partial charge is 0.490 e. The number of amides is 3. The van der Waals surface area contributed by atoms with Gasteiger partial charge in [-0.05, 0) is 74.3 Å². The molecular formula is C34H35N3O8S2. The summed E-state index contributed by atoms with van der Waals surface area (Å²) < 4.78 is 11.9. The van der Waals surface area contributed by atoms with Crippen LogP contribution in [0.5, 0.6) is 11.5 Å². The summed E-state index contributed by atoms with van der Waals surface area (Å²) in [6.45, 7) is 4.11. The van der Waals surface area contributed by atoms with E-state index in [2.05, 4.69) is 10.3 Å². The molecule has 7 rings (SSSR count). The first-order valence-corrected chi connectivity index (χ1v) is 17.6. The second kappa shape index (κ2) is 12.5. The number of carbonyl (C=O) groups is 4. The zero-order valence-electron chi connectivity index (χ0n) is 25.9. The number of nitrogens with one attached hydrogen (secondary N) is 2. The van der Waals surface area contributed by atoms with Crippen molar-refractivity contribution < 1.29 is 33.8 Å². The van der Waals surface area contributed by atoms with Gasteiger partial charge in [0.1, 0.15) is 0 Å². The Bertz CT molecular complexity index is 1800. The van der Waals surface area contributed by atoms with Crippen molar-refractivity contribution in [2.24, 2.45) is 29.6 Å². The summed E-state index contributed by atoms with van der Waals surface area (Å²) in [4.78, 5) is 68.7. The van der Waals surface area contributed by atoms with Crippen LogP contribution in [-0.4, -0.2) is 63.7 Å². The van der Waals surface area contributed by atoms with E-state index in [1.807, 2.05) is 50.2 Å². The van der Waals surface area contributed by atoms with E-state index >= 15 is 0 Å². The second-order valence-electron chi connectivity index (χ2n) is 12.6. The standard InChI is InChI=1S/C34H35N3O8S2/c1-3-44-22-13-17(8-11-21(22)45-15-23(38)35-18-9-6-16(2)7-10-18)25-26-19-14-20(29(26)46-31-30(25)47-34(43)36-31)28-27(19)32(41)37(33(28)42)12-4-5-24(39)40/h6-11,13,19-20,25-29H,3-5,12,14-15H2,1-2H3,(H,35,38)(H,36,43)(H,39,40)/t19?,20?,25-,26?,27?,28?,29?/m1/s1. The molecule has 7 atom stereocenters. The molecule has 11 nitrogen and oxygen atoms in total. The molecule has 0 radical (unpaired) electrons. The molecule has 2 aromatic carbocycles. The maximum absolute atomic E-state index is 13.7. The lowest BCUT2D eigenvalue weighted by atomic mass is 9.68. The quantitative estimate of drug-likeness (QED) is 0.249. The van der Waals surface area contributed by atoms with E-state index in [4.69, 9.17) is 14.6 Å². The molecule has 4 aliphatic rings. The van der Waals surface area contributed by atoms with Crippen LogP contribution in [0.1, 0.15) is 48.1 Å². The monoisotopic (exact) mass is 677 g/mol. The number of H-pyrrole nitrogens is 1. The Hall–Kier alpha value is -4.10. The van der Waals surface area contributed by atoms with Gasteiger partial charge in [0.2, 0.25) is 11.8 Å². The number of hydrogen-bond donors (Lipinski definition) is 3. The van der Waals surface area contributed by atoms with Crippen molar-refractivity contribution in [3.63, 3.8) is 0 Å². The number of hydrogen-bond acceptors (Lipinski definition) is 9. The lowest BCUT2D eigenvalue weighted by molar-refractivity contribution is -0.142. The van der Waals surface area contributed by atoms with Crippen molar-refractivity contribution in [1.82, 2.24) is 9.88 Å². The molecule has 47 heavy (non-hydrogen) atoms. The molecule has 3 N–H and O–H groups in total. The van der Waals surface area contributed by atoms with Crippen LogP contribution in [0.3, 0.4) is 0 Å². The molecule has 3 amide bonds. The average molecular weight is 678 g/mol. The van der Waals surface area contributed by atoms with E-state index in [1.165, 1.54) is 16.2 Å². The van der Waals surface area contributed by atoms with Crippen LogP contribution >= 0.6 is 23.1 Å². The number of rotatable bonds is 11. The first-order chi connectivity index (χ1) is 22.6. The molecule has 2 aliphatic carbocycles. The molecule has 246 valence electrons. The number of aryl methyl sites for hydroxylation is 1. The molecule has 1 aromatic heterocycles. The van der Waals surface area contributed by atoms with Crippen molar-refractivity contribution in [1.29, 1.82) is 0 Å². The summed E-state index contributed by atoms with van der Waals surface area (Å²) in [7, 11) is 0. The fourth-order valence-corrected chi connectivity index (χ4v) is 11.0. The average Bonchev–Trinajstić information content (AvgIpc) is 3.77. The van der Waals surface area contributed by atoms with E-state index in [9.17, 15) is 24.0 Å². The van der Waals surface area contributed by atoms with Crippen LogP contribution in [0.15, 0.2) is 52.3 Å². The number of ether oxygens (including phenoxy) is 2. The van der Waals surface area contributed by atoms with E-state index in [1.54, 1.807) is 17.8 Å². The van der Waals surface area contributed by atoms with Gasteiger partial charge in [-0.3, -0.25) is 28.9 Å². The fraction of sp³-hybridized carbons (Fsp3) is 0.441. The number of aliphatic carboxylic acids is 1. The number of benzene rings is 2. The van der Waals surface area contributed by atoms with Gasteiger partial charge in [0.15, 0.2) is 18.1 Å². The summed E-state index contributed by atoms with van der Waals surface area (Å²) in [5.41, 5.74) is 2.68. The highest BCUT2D eigenvalue weighted by Crippen LogP contribution is 2.68. The summed E-state index contributed by atoms with van der Waals surface area (Å²) in [6, 6.07) is 13.1. The number of imide groups is 1. The van der Waals surface area contributed by atoms with Crippen LogP contribution in [0.2, 0.25) is 0 Å². The van der Waals surface area contributed by atoms with Crippen molar-refractivity contribution in [2.45, 2.75) is 49.3 Å². The number of carbonyl (C=O) groups excluding carboxylic acids is 3. The maximum atomic E-state index is 13.7. The molecule has 3 fully saturated rings. The van der Waals surface area contributed by atoms with Crippen LogP contribution in [-0.2, 0) is 19.2 Å². The third kappa shape index (κ3) is 5.62. The van der Waals surface area contributed by atoms with Crippen LogP contribution in [0, 0.1) is 36.5 Å². The van der Waals surface area contributed by atoms with Gasteiger partial charge in [-0.15, -0.1) is 11.8 Å². The van der Waals surface area contributed by atoms with Gasteiger partial charge in [0.25, 0.3) is 5.91 Å². The molecule has 2 bridgehead atoms. The Morgan fingerprint density at radius 2 is 1.77 bits per heavy atom. The Kier molecular flexibility index (Phi) is 8.37. The Labute approximate surface area is 279 Å². The van der Waals surface area contributed by atoms with Crippen molar-refractivity contribution in [2.75, 3.05) is 25.1 Å². The third-order valence-electron chi connectivity index (χ3n) is 9.91. The first kappa shape index (κ1) is 31.5. The topological polar surface area (TPSA) is 155 Å². The summed E-state index contributed by atoms with van der Waals surface area (Å²) in [5.74, 6) is -1.91. The highest BCUT2D eigenvalue weighted by molar-refractivity contribution is 8.00. The van der Waals surface area contributed by atoms with E-state index < -0.39 is 17.8 Å². The van der Waals surface area contributed by atoms with Gasteiger partial charge >= 0.3 is 10.8 Å². The van der Waals surface area contributed by atoms with Gasteiger partial charge in [-0.25, -0.2) is 0 Å². The Morgan fingerprint density at radius 3 is 2.49 bits per heavy atom. The van der Waals surface area contributed by atoms with Crippen molar-refractivity contribution >= 4 is 52.5 Å². The normalized spacial score (nSPS) is 26.9. The summed E-state index contributed by atoms with van der Waals surface area (Å²) >= 11 is 2.79. The number of aromatic amines is 1. The smallest absolute Gasteiger partial charge is 0.305 e. The van der Waals surface area contributed by atoms with Crippen LogP contribution in [0.4, 0.5) is 5.69 Å². The van der Waals surface area contributed by atoms with E-state index in [-0.39, 0.29) is 77.5 Å². The minimum Gasteiger partial charge on any atom is -0.490 e. The summed E-state index contributed by atoms with van der Waals surface area (Å²) in [6.07, 6.45) is 0.880. The number of anilines is 1. The molecule has 1 saturated heterocycles. The van der Waals surface area contributed by atoms with Crippen LogP contribution < -0.4 is 19.7 Å². The van der Waals surface area contributed by atoms with Gasteiger partial charge in [0, 0.05) is 34.7 Å². The Balaban J connectivity index is 1.16. The number of fused-ring (bicyclic) bond motifs is 9. The number of thioether (sulfide) groups is 1. The molecular weight excluding hydrogens is 643 g/mol. The fourth-order valence-electron chi connectivity index (χ4n) is 8.14. The SMILES string of the molecule is CCOc1cc([C@H]2c3sc(=O)[nH]c3SC3C4CC(C5C(=O)N(CCCC(=O)O)C(=O)C45)C32)ccc1OCC(=O)Nc1ccc(C)cc1. The number of carboxylic acid groups (broad SMARTS) is 1. The van der Waals surface area contributed by atoms with Crippen LogP contribution in [0.25, 0.3) is 0 Å². The predicted octanol–water partition coefficient (Wildman–Crippen LogP) is 4.50. The van der Waals surface area contributed by atoms with Gasteiger partial charge in [-0.2, -0.15) is 0 Å². The maximum Gasteiger partial charge on any atom is 0.305 e. The van der Waals surface area contributed by atoms with E-state index in [0.29, 0.717) is 23.8 Å². The highest BCUT2D eigenvalue weighted by atomic mass is 32.2. The van der Waals surface area contributed by atoms with Crippen molar-refractivity contribution in [3.8, 4) is 11.5 Å². The lowest BCUT2D eigenvalue weighted by Gasteiger charge is -2.43. The number of nitrogens with zero attached hydrogens (tertiary/aromatic N) is 1. The highest BCUT2D eigenvalue weighted by Gasteiger charge is 2.69. The van der Waals surface area contributed by atoms with Crippen molar-refractivity contribution in [3.05, 3.63) is 68.1 Å². The third-order valence-corrected chi connectivity index (χ3v) is 12.5. The zero-order valence-corrected chi connectivity index (χ0v) is 27.5. The number of aromatic nitrogens is 1. The molecule has 0 spiro atoms. The molecule has 2 aliphatic heterocycles. The number of carboxylic acids is 1. The number of likely N-dealkylation sites (tertiary alicyclic amines) is 1. The van der Waals surface area contributed by atoms with Gasteiger partial charge in [0.05, 0.1) is 23.5 Å². The number of thiazole rings is 1. The Morgan fingerprint density at radius 1 is 1.02 bits per heavy atom. The zero-order chi connectivity index (χ0) is 33.0. The first-order valence-electron chi connectivity index (χ1n) is 15.9. The molecule has 6 unspecified atom stereocenters. The van der Waals surface area contributed by atoms with E-state index in [0.717, 1.165) is 27.5 Å².